The molecule has 1 aromatic heterocycles. The maximum atomic E-state index is 12.4. The quantitative estimate of drug-likeness (QED) is 0.466. The smallest absolute Gasteiger partial charge is 0.173 e. The molecule has 0 bridgehead atoms. The number of hydrogen-bond acceptors (Lipinski definition) is 6. The summed E-state index contributed by atoms with van der Waals surface area (Å²) in [6.45, 7) is 0.530. The number of benzene rings is 2. The number of aromatic nitrogens is 1. The van der Waals surface area contributed by atoms with Crippen molar-refractivity contribution in [2.45, 2.75) is 17.2 Å². The highest BCUT2D eigenvalue weighted by molar-refractivity contribution is 7.89. The lowest BCUT2D eigenvalue weighted by molar-refractivity contribution is 0.574. The van der Waals surface area contributed by atoms with E-state index in [1.54, 1.807) is 6.07 Å². The summed E-state index contributed by atoms with van der Waals surface area (Å²) in [5.74, 6) is 0.518. The summed E-state index contributed by atoms with van der Waals surface area (Å²) >= 11 is -1.27. The van der Waals surface area contributed by atoms with Gasteiger partial charge in [-0.15, -0.1) is 4.72 Å². The van der Waals surface area contributed by atoms with Gasteiger partial charge in [0, 0.05) is 12.5 Å². The van der Waals surface area contributed by atoms with Gasteiger partial charge < -0.3 is 21.8 Å². The van der Waals surface area contributed by atoms with E-state index in [9.17, 15) is 4.55 Å². The first kappa shape index (κ1) is 19.0. The molecule has 3 rings (SSSR count). The Morgan fingerprint density at radius 3 is 2.26 bits per heavy atom. The van der Waals surface area contributed by atoms with Crippen LogP contribution in [-0.2, 0) is 11.4 Å². The van der Waals surface area contributed by atoms with E-state index in [2.05, 4.69) is 9.71 Å². The third-order valence-electron chi connectivity index (χ3n) is 4.34. The van der Waals surface area contributed by atoms with Gasteiger partial charge in [-0.05, 0) is 35.7 Å². The molecule has 7 heteroatoms. The zero-order chi connectivity index (χ0) is 19.2. The number of pyridine rings is 1. The summed E-state index contributed by atoms with van der Waals surface area (Å²) in [7, 11) is 0. The second-order valence-corrected chi connectivity index (χ2v) is 7.46. The predicted octanol–water partition coefficient (Wildman–Crippen LogP) is 2.66. The molecule has 2 atom stereocenters. The van der Waals surface area contributed by atoms with E-state index >= 15 is 0 Å². The van der Waals surface area contributed by atoms with Crippen LogP contribution >= 0.6 is 0 Å². The zero-order valence-electron chi connectivity index (χ0n) is 14.8. The number of nitrogen functional groups attached to an aromatic ring is 3. The predicted molar refractivity (Wildman–Crippen MR) is 111 cm³/mol. The molecular weight excluding hydrogens is 358 g/mol. The highest BCUT2D eigenvalue weighted by atomic mass is 32.2. The molecule has 140 valence electrons. The van der Waals surface area contributed by atoms with Crippen LogP contribution in [0.3, 0.4) is 0 Å². The van der Waals surface area contributed by atoms with Gasteiger partial charge >= 0.3 is 0 Å². The van der Waals surface area contributed by atoms with Gasteiger partial charge in [0.25, 0.3) is 0 Å². The Bertz CT molecular complexity index is 876. The van der Waals surface area contributed by atoms with Crippen molar-refractivity contribution in [1.29, 1.82) is 0 Å². The SMILES string of the molecule is Nc1cc(C(CCN[S+]([O-])c2ccccc2)c2ccccc2)c(N)c(N)n1. The molecule has 0 saturated heterocycles. The average molecular weight is 382 g/mol. The molecule has 0 aliphatic heterocycles. The van der Waals surface area contributed by atoms with Gasteiger partial charge in [0.1, 0.15) is 11.6 Å². The molecule has 2 unspecified atom stereocenters. The van der Waals surface area contributed by atoms with Gasteiger partial charge in [0.05, 0.1) is 17.0 Å². The second kappa shape index (κ2) is 8.77. The topological polar surface area (TPSA) is 126 Å². The third-order valence-corrected chi connectivity index (χ3v) is 5.51. The maximum absolute atomic E-state index is 12.4. The van der Waals surface area contributed by atoms with E-state index in [1.165, 1.54) is 0 Å². The lowest BCUT2D eigenvalue weighted by Crippen LogP contribution is -2.26. The van der Waals surface area contributed by atoms with Crippen molar-refractivity contribution in [3.8, 4) is 0 Å². The summed E-state index contributed by atoms with van der Waals surface area (Å²) in [4.78, 5) is 4.77. The Balaban J connectivity index is 1.80. The molecule has 0 saturated carbocycles. The van der Waals surface area contributed by atoms with Crippen molar-refractivity contribution in [2.75, 3.05) is 23.7 Å². The molecule has 0 aliphatic carbocycles. The Labute approximate surface area is 162 Å². The third kappa shape index (κ3) is 4.71. The summed E-state index contributed by atoms with van der Waals surface area (Å²) in [6.07, 6.45) is 0.676. The lowest BCUT2D eigenvalue weighted by atomic mass is 9.88. The number of nitrogens with two attached hydrogens (primary N) is 3. The van der Waals surface area contributed by atoms with Gasteiger partial charge in [-0.25, -0.2) is 4.98 Å². The van der Waals surface area contributed by atoms with E-state index in [-0.39, 0.29) is 11.7 Å². The van der Waals surface area contributed by atoms with Crippen LogP contribution in [0.25, 0.3) is 0 Å². The van der Waals surface area contributed by atoms with Crippen molar-refractivity contribution in [3.63, 3.8) is 0 Å². The number of hydrogen-bond donors (Lipinski definition) is 4. The van der Waals surface area contributed by atoms with Gasteiger partial charge in [-0.2, -0.15) is 0 Å². The molecule has 6 nitrogen and oxygen atoms in total. The van der Waals surface area contributed by atoms with Crippen molar-refractivity contribution < 1.29 is 4.55 Å². The fourth-order valence-electron chi connectivity index (χ4n) is 3.02. The van der Waals surface area contributed by atoms with E-state index in [1.807, 2.05) is 60.7 Å². The standard InChI is InChI=1S/C20H23N5OS/c21-18-13-17(19(22)20(23)25-18)16(14-7-3-1-4-8-14)11-12-24-27(26)15-9-5-2-6-10-15/h1-10,13,16,24H,11-12,22H2,(H4,21,23,25). The van der Waals surface area contributed by atoms with E-state index in [4.69, 9.17) is 17.2 Å². The molecule has 0 aliphatic rings. The van der Waals surface area contributed by atoms with Crippen molar-refractivity contribution >= 4 is 28.7 Å². The van der Waals surface area contributed by atoms with Crippen LogP contribution in [0, 0.1) is 0 Å². The van der Waals surface area contributed by atoms with Gasteiger partial charge in [-0.3, -0.25) is 0 Å². The van der Waals surface area contributed by atoms with E-state index in [0.717, 1.165) is 16.0 Å². The highest BCUT2D eigenvalue weighted by Gasteiger charge is 2.20. The molecule has 1 heterocycles. The first-order valence-corrected chi connectivity index (χ1v) is 9.78. The Morgan fingerprint density at radius 1 is 0.963 bits per heavy atom. The van der Waals surface area contributed by atoms with Crippen LogP contribution in [0.1, 0.15) is 23.5 Å². The molecule has 7 N–H and O–H groups in total. The van der Waals surface area contributed by atoms with Crippen LogP contribution < -0.4 is 21.9 Å². The summed E-state index contributed by atoms with van der Waals surface area (Å²) in [5.41, 5.74) is 20.3. The summed E-state index contributed by atoms with van der Waals surface area (Å²) < 4.78 is 15.5. The van der Waals surface area contributed by atoms with E-state index < -0.39 is 11.4 Å². The van der Waals surface area contributed by atoms with Gasteiger partial charge in [0.15, 0.2) is 4.90 Å². The normalized spacial score (nSPS) is 13.2. The van der Waals surface area contributed by atoms with Crippen LogP contribution in [0.2, 0.25) is 0 Å². The Kier molecular flexibility index (Phi) is 6.18. The van der Waals surface area contributed by atoms with Crippen LogP contribution in [0.5, 0.6) is 0 Å². The highest BCUT2D eigenvalue weighted by Crippen LogP contribution is 2.34. The van der Waals surface area contributed by atoms with Crippen molar-refractivity contribution in [1.82, 2.24) is 9.71 Å². The molecule has 3 aromatic rings. The molecule has 0 spiro atoms. The fraction of sp³-hybridized carbons (Fsp3) is 0.150. The van der Waals surface area contributed by atoms with Crippen LogP contribution in [-0.4, -0.2) is 16.1 Å². The monoisotopic (exact) mass is 381 g/mol. The molecular formula is C20H23N5OS. The lowest BCUT2D eigenvalue weighted by Gasteiger charge is -2.21. The zero-order valence-corrected chi connectivity index (χ0v) is 15.7. The molecule has 27 heavy (non-hydrogen) atoms. The van der Waals surface area contributed by atoms with Gasteiger partial charge in [0.2, 0.25) is 0 Å². The Hall–Kier alpha value is -2.74. The fourth-order valence-corrected chi connectivity index (χ4v) is 3.89. The minimum absolute atomic E-state index is 0.0425. The number of anilines is 3. The molecule has 2 aromatic carbocycles. The first-order valence-electron chi connectivity index (χ1n) is 8.63. The molecule has 0 fully saturated rings. The number of nitrogens with zero attached hydrogens (tertiary/aromatic N) is 1. The molecule has 0 amide bonds. The maximum Gasteiger partial charge on any atom is 0.173 e. The minimum atomic E-state index is -1.27. The largest absolute Gasteiger partial charge is 0.593 e. The molecule has 0 radical (unpaired) electrons. The summed E-state index contributed by atoms with van der Waals surface area (Å²) in [6, 6.07) is 21.0. The van der Waals surface area contributed by atoms with Crippen molar-refractivity contribution in [3.05, 3.63) is 77.9 Å². The van der Waals surface area contributed by atoms with Gasteiger partial charge in [-0.1, -0.05) is 48.5 Å². The Morgan fingerprint density at radius 2 is 1.59 bits per heavy atom. The average Bonchev–Trinajstić information content (AvgIpc) is 2.69. The van der Waals surface area contributed by atoms with Crippen LogP contribution in [0.4, 0.5) is 17.3 Å². The first-order chi connectivity index (χ1) is 13.1. The second-order valence-electron chi connectivity index (χ2n) is 6.16. The summed E-state index contributed by atoms with van der Waals surface area (Å²) in [5, 5.41) is 0. The van der Waals surface area contributed by atoms with E-state index in [0.29, 0.717) is 24.5 Å². The van der Waals surface area contributed by atoms with Crippen LogP contribution in [0.15, 0.2) is 71.6 Å². The van der Waals surface area contributed by atoms with Crippen molar-refractivity contribution in [2.24, 2.45) is 0 Å². The number of rotatable bonds is 7. The number of nitrogens with one attached hydrogen (secondary N) is 1. The minimum Gasteiger partial charge on any atom is -0.593 e.